The Labute approximate surface area is 94.3 Å². The van der Waals surface area contributed by atoms with E-state index in [1.165, 1.54) is 5.19 Å². The van der Waals surface area contributed by atoms with Crippen LogP contribution in [0.15, 0.2) is 30.3 Å². The molecule has 15 heavy (non-hydrogen) atoms. The van der Waals surface area contributed by atoms with E-state index in [9.17, 15) is 0 Å². The maximum absolute atomic E-state index is 5.68. The van der Waals surface area contributed by atoms with Gasteiger partial charge in [0, 0.05) is 14.2 Å². The molecule has 0 atom stereocenters. The van der Waals surface area contributed by atoms with Gasteiger partial charge < -0.3 is 8.85 Å². The van der Waals surface area contributed by atoms with Crippen molar-refractivity contribution in [3.8, 4) is 0 Å². The Kier molecular flexibility index (Phi) is 3.89. The molecule has 0 N–H and O–H groups in total. The van der Waals surface area contributed by atoms with Crippen molar-refractivity contribution in [1.29, 1.82) is 0 Å². The number of hydrogen-bond acceptors (Lipinski definition) is 2. The summed E-state index contributed by atoms with van der Waals surface area (Å²) in [4.78, 5) is 0. The second-order valence-corrected chi connectivity index (χ2v) is 17.4. The standard InChI is InChI=1S/C11H20O2Si2/c1-12-15(5,13-2)14(3,4)11-9-7-6-8-10-11/h6-10H,1-5H3. The molecule has 0 saturated heterocycles. The average Bonchev–Trinajstić information content (AvgIpc) is 2.29. The van der Waals surface area contributed by atoms with Crippen molar-refractivity contribution in [2.24, 2.45) is 0 Å². The van der Waals surface area contributed by atoms with E-state index in [0.29, 0.717) is 0 Å². The number of hydrogen-bond donors (Lipinski definition) is 0. The first kappa shape index (κ1) is 12.6. The molecule has 1 aromatic rings. The highest BCUT2D eigenvalue weighted by Gasteiger charge is 2.49. The lowest BCUT2D eigenvalue weighted by atomic mass is 10.4. The van der Waals surface area contributed by atoms with Crippen LogP contribution in [0.1, 0.15) is 0 Å². The third kappa shape index (κ3) is 2.23. The van der Waals surface area contributed by atoms with E-state index in [1.54, 1.807) is 14.2 Å². The zero-order valence-electron chi connectivity index (χ0n) is 10.2. The van der Waals surface area contributed by atoms with Crippen LogP contribution in [-0.4, -0.2) is 29.9 Å². The van der Waals surface area contributed by atoms with E-state index in [1.807, 2.05) is 6.07 Å². The second-order valence-electron chi connectivity index (χ2n) is 4.34. The molecule has 0 unspecified atom stereocenters. The summed E-state index contributed by atoms with van der Waals surface area (Å²) >= 11 is 0. The van der Waals surface area contributed by atoms with Gasteiger partial charge in [-0.2, -0.15) is 0 Å². The normalized spacial score (nSPS) is 12.9. The third-order valence-electron chi connectivity index (χ3n) is 3.41. The van der Waals surface area contributed by atoms with Gasteiger partial charge >= 0.3 is 8.08 Å². The predicted molar refractivity (Wildman–Crippen MR) is 69.2 cm³/mol. The molecule has 0 aromatic heterocycles. The fourth-order valence-corrected chi connectivity index (χ4v) is 9.58. The highest BCUT2D eigenvalue weighted by Crippen LogP contribution is 2.20. The SMILES string of the molecule is CO[Si](C)(OC)[Si](C)(C)c1ccccc1. The van der Waals surface area contributed by atoms with E-state index in [0.717, 1.165) is 0 Å². The van der Waals surface area contributed by atoms with Crippen LogP contribution in [-0.2, 0) is 8.85 Å². The van der Waals surface area contributed by atoms with Crippen molar-refractivity contribution in [3.05, 3.63) is 30.3 Å². The van der Waals surface area contributed by atoms with Crippen molar-refractivity contribution >= 4 is 20.9 Å². The average molecular weight is 240 g/mol. The molecule has 0 amide bonds. The van der Waals surface area contributed by atoms with Gasteiger partial charge in [-0.3, -0.25) is 0 Å². The molecule has 0 aliphatic heterocycles. The van der Waals surface area contributed by atoms with Crippen molar-refractivity contribution < 1.29 is 8.85 Å². The van der Waals surface area contributed by atoms with Crippen LogP contribution < -0.4 is 5.19 Å². The van der Waals surface area contributed by atoms with Gasteiger partial charge in [0.15, 0.2) is 0 Å². The summed E-state index contributed by atoms with van der Waals surface area (Å²) < 4.78 is 11.4. The van der Waals surface area contributed by atoms with Crippen LogP contribution in [0.5, 0.6) is 0 Å². The highest BCUT2D eigenvalue weighted by molar-refractivity contribution is 7.41. The molecule has 0 saturated carbocycles. The van der Waals surface area contributed by atoms with Crippen molar-refractivity contribution in [1.82, 2.24) is 0 Å². The van der Waals surface area contributed by atoms with Crippen LogP contribution in [0, 0.1) is 0 Å². The third-order valence-corrected chi connectivity index (χ3v) is 17.9. The molecular weight excluding hydrogens is 220 g/mol. The summed E-state index contributed by atoms with van der Waals surface area (Å²) in [6.45, 7) is 6.80. The first-order chi connectivity index (χ1) is 6.98. The Balaban J connectivity index is 3.12. The van der Waals surface area contributed by atoms with Gasteiger partial charge in [-0.1, -0.05) is 48.6 Å². The van der Waals surface area contributed by atoms with Crippen molar-refractivity contribution in [2.45, 2.75) is 19.6 Å². The lowest BCUT2D eigenvalue weighted by Crippen LogP contribution is -2.67. The topological polar surface area (TPSA) is 18.5 Å². The second kappa shape index (κ2) is 4.61. The Morgan fingerprint density at radius 3 is 1.73 bits per heavy atom. The molecule has 0 fully saturated rings. The van der Waals surface area contributed by atoms with Gasteiger partial charge in [0.1, 0.15) is 7.59 Å². The molecule has 2 nitrogen and oxygen atoms in total. The predicted octanol–water partition coefficient (Wildman–Crippen LogP) is 2.05. The van der Waals surface area contributed by atoms with Crippen LogP contribution in [0.3, 0.4) is 0 Å². The van der Waals surface area contributed by atoms with Crippen molar-refractivity contribution in [3.63, 3.8) is 0 Å². The van der Waals surface area contributed by atoms with Gasteiger partial charge in [0.2, 0.25) is 0 Å². The van der Waals surface area contributed by atoms with Gasteiger partial charge in [-0.25, -0.2) is 0 Å². The summed E-state index contributed by atoms with van der Waals surface area (Å²) in [6.07, 6.45) is 0. The summed E-state index contributed by atoms with van der Waals surface area (Å²) in [5.74, 6) is 0. The van der Waals surface area contributed by atoms with Gasteiger partial charge in [-0.15, -0.1) is 0 Å². The summed E-state index contributed by atoms with van der Waals surface area (Å²) in [7, 11) is -0.123. The minimum atomic E-state index is -2.03. The molecule has 0 heterocycles. The van der Waals surface area contributed by atoms with Gasteiger partial charge in [0.05, 0.1) is 0 Å². The first-order valence-corrected chi connectivity index (χ1v) is 11.5. The van der Waals surface area contributed by atoms with Crippen LogP contribution >= 0.6 is 0 Å². The minimum absolute atomic E-state index is 1.41. The molecule has 1 rings (SSSR count). The molecule has 0 aliphatic carbocycles. The number of rotatable bonds is 4. The largest absolute Gasteiger partial charge is 0.400 e. The smallest absolute Gasteiger partial charge is 0.317 e. The quantitative estimate of drug-likeness (QED) is 0.750. The molecule has 0 spiro atoms. The Hall–Kier alpha value is -0.426. The van der Waals surface area contributed by atoms with E-state index in [2.05, 4.69) is 43.9 Å². The lowest BCUT2D eigenvalue weighted by molar-refractivity contribution is 0.270. The van der Waals surface area contributed by atoms with Crippen LogP contribution in [0.4, 0.5) is 0 Å². The molecule has 0 aliphatic rings. The zero-order valence-corrected chi connectivity index (χ0v) is 12.2. The number of benzene rings is 1. The Bertz CT molecular complexity index is 308. The first-order valence-electron chi connectivity index (χ1n) is 5.14. The highest BCUT2D eigenvalue weighted by atomic mass is 29.3. The maximum Gasteiger partial charge on any atom is 0.317 e. The van der Waals surface area contributed by atoms with E-state index in [-0.39, 0.29) is 0 Å². The van der Waals surface area contributed by atoms with E-state index < -0.39 is 15.7 Å². The van der Waals surface area contributed by atoms with E-state index >= 15 is 0 Å². The fourth-order valence-electron chi connectivity index (χ4n) is 1.71. The van der Waals surface area contributed by atoms with E-state index in [4.69, 9.17) is 8.85 Å². The van der Waals surface area contributed by atoms with Gasteiger partial charge in [0.25, 0.3) is 0 Å². The molecule has 1 aromatic carbocycles. The monoisotopic (exact) mass is 240 g/mol. The lowest BCUT2D eigenvalue weighted by Gasteiger charge is -2.37. The maximum atomic E-state index is 5.68. The molecular formula is C11H20O2Si2. The fraction of sp³-hybridized carbons (Fsp3) is 0.455. The summed E-state index contributed by atoms with van der Waals surface area (Å²) in [5, 5.41) is 1.41. The Morgan fingerprint density at radius 1 is 0.867 bits per heavy atom. The van der Waals surface area contributed by atoms with Gasteiger partial charge in [-0.05, 0) is 6.55 Å². The zero-order chi connectivity index (χ0) is 11.5. The van der Waals surface area contributed by atoms with Crippen LogP contribution in [0.2, 0.25) is 19.6 Å². The Morgan fingerprint density at radius 2 is 1.33 bits per heavy atom. The summed E-state index contributed by atoms with van der Waals surface area (Å²) in [6, 6.07) is 10.6. The minimum Gasteiger partial charge on any atom is -0.400 e. The molecule has 0 radical (unpaired) electrons. The van der Waals surface area contributed by atoms with Crippen LogP contribution in [0.25, 0.3) is 0 Å². The summed E-state index contributed by atoms with van der Waals surface area (Å²) in [5.41, 5.74) is 0. The molecule has 84 valence electrons. The molecule has 0 bridgehead atoms. The van der Waals surface area contributed by atoms with Crippen molar-refractivity contribution in [2.75, 3.05) is 14.2 Å². The molecule has 4 heteroatoms.